The number of rotatable bonds is 5. The van der Waals surface area contributed by atoms with Crippen LogP contribution in [0, 0.1) is 5.92 Å². The van der Waals surface area contributed by atoms with Gasteiger partial charge in [0, 0.05) is 25.8 Å². The van der Waals surface area contributed by atoms with Gasteiger partial charge in [0.2, 0.25) is 0 Å². The van der Waals surface area contributed by atoms with Gasteiger partial charge in [0.1, 0.15) is 5.82 Å². The molecule has 2 heterocycles. The molecule has 100 valence electrons. The SMILES string of the molecule is CCCNCc1cncc(N2CCC(C)CC2)n1. The van der Waals surface area contributed by atoms with Crippen molar-refractivity contribution in [2.45, 2.75) is 39.7 Å². The molecule has 1 aliphatic heterocycles. The molecule has 0 saturated carbocycles. The van der Waals surface area contributed by atoms with Crippen LogP contribution in [-0.4, -0.2) is 29.6 Å². The summed E-state index contributed by atoms with van der Waals surface area (Å²) in [6.07, 6.45) is 7.43. The first-order valence-electron chi connectivity index (χ1n) is 7.06. The van der Waals surface area contributed by atoms with E-state index < -0.39 is 0 Å². The van der Waals surface area contributed by atoms with Gasteiger partial charge in [0.15, 0.2) is 0 Å². The first-order chi connectivity index (χ1) is 8.79. The molecular weight excluding hydrogens is 224 g/mol. The second-order valence-corrected chi connectivity index (χ2v) is 5.21. The molecule has 1 aromatic rings. The maximum atomic E-state index is 4.69. The van der Waals surface area contributed by atoms with Crippen LogP contribution in [0.4, 0.5) is 5.82 Å². The maximum Gasteiger partial charge on any atom is 0.147 e. The highest BCUT2D eigenvalue weighted by Crippen LogP contribution is 2.20. The molecule has 4 heteroatoms. The Morgan fingerprint density at radius 1 is 1.33 bits per heavy atom. The molecule has 18 heavy (non-hydrogen) atoms. The molecule has 0 aromatic carbocycles. The predicted molar refractivity (Wildman–Crippen MR) is 74.6 cm³/mol. The fraction of sp³-hybridized carbons (Fsp3) is 0.714. The summed E-state index contributed by atoms with van der Waals surface area (Å²) in [6, 6.07) is 0. The van der Waals surface area contributed by atoms with Crippen molar-refractivity contribution in [3.63, 3.8) is 0 Å². The first-order valence-corrected chi connectivity index (χ1v) is 7.06. The number of nitrogens with one attached hydrogen (secondary N) is 1. The zero-order valence-electron chi connectivity index (χ0n) is 11.5. The summed E-state index contributed by atoms with van der Waals surface area (Å²) < 4.78 is 0. The third-order valence-corrected chi connectivity index (χ3v) is 3.51. The number of anilines is 1. The number of nitrogens with zero attached hydrogens (tertiary/aromatic N) is 3. The van der Waals surface area contributed by atoms with Crippen molar-refractivity contribution in [1.82, 2.24) is 15.3 Å². The highest BCUT2D eigenvalue weighted by atomic mass is 15.2. The predicted octanol–water partition coefficient (Wildman–Crippen LogP) is 2.21. The summed E-state index contributed by atoms with van der Waals surface area (Å²) in [5.41, 5.74) is 1.04. The van der Waals surface area contributed by atoms with Crippen LogP contribution < -0.4 is 10.2 Å². The Balaban J connectivity index is 1.94. The molecule has 0 bridgehead atoms. The van der Waals surface area contributed by atoms with E-state index in [1.54, 1.807) is 0 Å². The van der Waals surface area contributed by atoms with Crippen molar-refractivity contribution in [3.05, 3.63) is 18.1 Å². The molecule has 0 unspecified atom stereocenters. The topological polar surface area (TPSA) is 41.1 Å². The largest absolute Gasteiger partial charge is 0.355 e. The van der Waals surface area contributed by atoms with Gasteiger partial charge in [0.05, 0.1) is 11.9 Å². The molecule has 1 saturated heterocycles. The van der Waals surface area contributed by atoms with Gasteiger partial charge in [-0.25, -0.2) is 4.98 Å². The van der Waals surface area contributed by atoms with Gasteiger partial charge < -0.3 is 10.2 Å². The van der Waals surface area contributed by atoms with Crippen molar-refractivity contribution < 1.29 is 0 Å². The second-order valence-electron chi connectivity index (χ2n) is 5.21. The van der Waals surface area contributed by atoms with Crippen molar-refractivity contribution in [2.24, 2.45) is 5.92 Å². The van der Waals surface area contributed by atoms with Crippen LogP contribution in [-0.2, 0) is 6.54 Å². The Morgan fingerprint density at radius 3 is 2.83 bits per heavy atom. The Labute approximate surface area is 110 Å². The standard InChI is InChI=1S/C14H24N4/c1-3-6-15-9-13-10-16-11-14(17-13)18-7-4-12(2)5-8-18/h10-12,15H,3-9H2,1-2H3. The number of hydrogen-bond donors (Lipinski definition) is 1. The minimum atomic E-state index is 0.818. The zero-order chi connectivity index (χ0) is 12.8. The van der Waals surface area contributed by atoms with Gasteiger partial charge in [-0.05, 0) is 31.7 Å². The lowest BCUT2D eigenvalue weighted by atomic mass is 9.99. The van der Waals surface area contributed by atoms with Crippen LogP contribution in [0.2, 0.25) is 0 Å². The molecule has 0 aliphatic carbocycles. The van der Waals surface area contributed by atoms with E-state index in [2.05, 4.69) is 29.0 Å². The summed E-state index contributed by atoms with van der Waals surface area (Å²) in [4.78, 5) is 11.4. The lowest BCUT2D eigenvalue weighted by Crippen LogP contribution is -2.33. The first kappa shape index (κ1) is 13.3. The molecular formula is C14H24N4. The van der Waals surface area contributed by atoms with E-state index in [0.29, 0.717) is 0 Å². The fourth-order valence-corrected chi connectivity index (χ4v) is 2.26. The monoisotopic (exact) mass is 248 g/mol. The third kappa shape index (κ3) is 3.67. The highest BCUT2D eigenvalue weighted by Gasteiger charge is 2.17. The van der Waals surface area contributed by atoms with Crippen LogP contribution >= 0.6 is 0 Å². The van der Waals surface area contributed by atoms with Crippen LogP contribution in [0.3, 0.4) is 0 Å². The minimum Gasteiger partial charge on any atom is -0.355 e. The fourth-order valence-electron chi connectivity index (χ4n) is 2.26. The van der Waals surface area contributed by atoms with Crippen LogP contribution in [0.25, 0.3) is 0 Å². The van der Waals surface area contributed by atoms with Crippen molar-refractivity contribution in [3.8, 4) is 0 Å². The normalized spacial score (nSPS) is 17.1. The summed E-state index contributed by atoms with van der Waals surface area (Å²) >= 11 is 0. The van der Waals surface area contributed by atoms with E-state index in [4.69, 9.17) is 4.98 Å². The lowest BCUT2D eigenvalue weighted by Gasteiger charge is -2.31. The van der Waals surface area contributed by atoms with E-state index in [0.717, 1.165) is 50.0 Å². The van der Waals surface area contributed by atoms with Gasteiger partial charge in [-0.2, -0.15) is 0 Å². The molecule has 0 spiro atoms. The molecule has 1 aromatic heterocycles. The minimum absolute atomic E-state index is 0.818. The van der Waals surface area contributed by atoms with Crippen LogP contribution in [0.15, 0.2) is 12.4 Å². The quantitative estimate of drug-likeness (QED) is 0.811. The van der Waals surface area contributed by atoms with E-state index in [1.807, 2.05) is 12.4 Å². The zero-order valence-corrected chi connectivity index (χ0v) is 11.5. The Hall–Kier alpha value is -1.16. The lowest BCUT2D eigenvalue weighted by molar-refractivity contribution is 0.436. The average molecular weight is 248 g/mol. The van der Waals surface area contributed by atoms with E-state index in [9.17, 15) is 0 Å². The number of piperidine rings is 1. The van der Waals surface area contributed by atoms with Crippen molar-refractivity contribution >= 4 is 5.82 Å². The summed E-state index contributed by atoms with van der Waals surface area (Å²) in [7, 11) is 0. The van der Waals surface area contributed by atoms with Gasteiger partial charge >= 0.3 is 0 Å². The van der Waals surface area contributed by atoms with E-state index >= 15 is 0 Å². The molecule has 1 fully saturated rings. The average Bonchev–Trinajstić information content (AvgIpc) is 2.40. The summed E-state index contributed by atoms with van der Waals surface area (Å²) in [5.74, 6) is 1.89. The molecule has 0 atom stereocenters. The number of hydrogen-bond acceptors (Lipinski definition) is 4. The van der Waals surface area contributed by atoms with Gasteiger partial charge in [-0.15, -0.1) is 0 Å². The van der Waals surface area contributed by atoms with Gasteiger partial charge in [-0.1, -0.05) is 13.8 Å². The van der Waals surface area contributed by atoms with E-state index in [-0.39, 0.29) is 0 Å². The second kappa shape index (κ2) is 6.69. The Bertz CT molecular complexity index is 359. The maximum absolute atomic E-state index is 4.69. The number of aromatic nitrogens is 2. The van der Waals surface area contributed by atoms with Crippen LogP contribution in [0.1, 0.15) is 38.8 Å². The summed E-state index contributed by atoms with van der Waals surface area (Å²) in [5, 5.41) is 3.37. The Morgan fingerprint density at radius 2 is 2.11 bits per heavy atom. The van der Waals surface area contributed by atoms with Crippen LogP contribution in [0.5, 0.6) is 0 Å². The van der Waals surface area contributed by atoms with E-state index in [1.165, 1.54) is 12.8 Å². The molecule has 4 nitrogen and oxygen atoms in total. The van der Waals surface area contributed by atoms with Gasteiger partial charge in [-0.3, -0.25) is 4.98 Å². The smallest absolute Gasteiger partial charge is 0.147 e. The Kier molecular flexibility index (Phi) is 4.93. The third-order valence-electron chi connectivity index (χ3n) is 3.51. The highest BCUT2D eigenvalue weighted by molar-refractivity contribution is 5.36. The molecule has 0 amide bonds. The van der Waals surface area contributed by atoms with Crippen molar-refractivity contribution in [1.29, 1.82) is 0 Å². The van der Waals surface area contributed by atoms with Crippen molar-refractivity contribution in [2.75, 3.05) is 24.5 Å². The summed E-state index contributed by atoms with van der Waals surface area (Å²) in [6.45, 7) is 8.58. The molecule has 1 N–H and O–H groups in total. The molecule has 0 radical (unpaired) electrons. The van der Waals surface area contributed by atoms with Gasteiger partial charge in [0.25, 0.3) is 0 Å². The molecule has 2 rings (SSSR count). The molecule has 1 aliphatic rings.